The van der Waals surface area contributed by atoms with Gasteiger partial charge in [-0.2, -0.15) is 9.61 Å². The monoisotopic (exact) mass is 381 g/mol. The van der Waals surface area contributed by atoms with Gasteiger partial charge in [0.25, 0.3) is 10.0 Å². The zero-order valence-corrected chi connectivity index (χ0v) is 15.1. The zero-order chi connectivity index (χ0) is 18.9. The molecule has 0 aliphatic rings. The Hall–Kier alpha value is -3.46. The first-order chi connectivity index (χ1) is 13.1. The lowest BCUT2D eigenvalue weighted by Gasteiger charge is -2.11. The van der Waals surface area contributed by atoms with Crippen molar-refractivity contribution < 1.29 is 13.2 Å². The fourth-order valence-corrected chi connectivity index (χ4v) is 3.87. The van der Waals surface area contributed by atoms with Crippen LogP contribution < -0.4 is 9.46 Å². The third kappa shape index (κ3) is 3.32. The third-order valence-electron chi connectivity index (χ3n) is 3.95. The number of methoxy groups -OCH3 is 1. The van der Waals surface area contributed by atoms with Crippen molar-refractivity contribution in [2.24, 2.45) is 0 Å². The van der Waals surface area contributed by atoms with Crippen molar-refractivity contribution >= 4 is 21.4 Å². The molecule has 0 unspecified atom stereocenters. The number of aromatic nitrogens is 4. The molecule has 0 spiro atoms. The number of anilines is 1. The van der Waals surface area contributed by atoms with Gasteiger partial charge >= 0.3 is 0 Å². The van der Waals surface area contributed by atoms with Crippen LogP contribution in [0.4, 0.5) is 5.69 Å². The lowest BCUT2D eigenvalue weighted by Crippen LogP contribution is -2.13. The number of fused-ring (bicyclic) bond motifs is 1. The van der Waals surface area contributed by atoms with E-state index in [0.717, 1.165) is 11.3 Å². The van der Waals surface area contributed by atoms with Crippen molar-refractivity contribution in [1.29, 1.82) is 0 Å². The second-order valence-corrected chi connectivity index (χ2v) is 7.34. The number of nitrogens with zero attached hydrogens (tertiary/aromatic N) is 4. The van der Waals surface area contributed by atoms with E-state index in [1.54, 1.807) is 47.0 Å². The number of ether oxygens (including phenoxy) is 1. The molecule has 2 heterocycles. The second-order valence-electron chi connectivity index (χ2n) is 5.69. The van der Waals surface area contributed by atoms with Crippen LogP contribution in [0, 0.1) is 0 Å². The van der Waals surface area contributed by atoms with Crippen LogP contribution in [0.1, 0.15) is 0 Å². The predicted octanol–water partition coefficient (Wildman–Crippen LogP) is 2.60. The van der Waals surface area contributed by atoms with E-state index in [1.807, 2.05) is 12.1 Å². The van der Waals surface area contributed by atoms with E-state index in [1.165, 1.54) is 19.5 Å². The van der Waals surface area contributed by atoms with E-state index in [2.05, 4.69) is 20.0 Å². The van der Waals surface area contributed by atoms with Gasteiger partial charge in [0, 0.05) is 11.3 Å². The average molecular weight is 381 g/mol. The van der Waals surface area contributed by atoms with Gasteiger partial charge in [-0.3, -0.25) is 4.72 Å². The van der Waals surface area contributed by atoms with Gasteiger partial charge in [-0.05, 0) is 36.4 Å². The molecule has 0 saturated carbocycles. The van der Waals surface area contributed by atoms with Crippen LogP contribution in [0.2, 0.25) is 0 Å². The lowest BCUT2D eigenvalue weighted by atomic mass is 10.1. The summed E-state index contributed by atoms with van der Waals surface area (Å²) in [5, 5.41) is 12.1. The lowest BCUT2D eigenvalue weighted by molar-refractivity contribution is 0.403. The van der Waals surface area contributed by atoms with E-state index < -0.39 is 10.0 Å². The quantitative estimate of drug-likeness (QED) is 0.571. The van der Waals surface area contributed by atoms with Crippen molar-refractivity contribution in [2.45, 2.75) is 4.90 Å². The van der Waals surface area contributed by atoms with Crippen LogP contribution in [-0.4, -0.2) is 35.3 Å². The number of para-hydroxylation sites is 1. The normalized spacial score (nSPS) is 11.4. The summed E-state index contributed by atoms with van der Waals surface area (Å²) in [5.41, 5.74) is 2.65. The first-order valence-electron chi connectivity index (χ1n) is 8.00. The van der Waals surface area contributed by atoms with Gasteiger partial charge in [0.05, 0.1) is 12.8 Å². The zero-order valence-electron chi connectivity index (χ0n) is 14.3. The van der Waals surface area contributed by atoms with Gasteiger partial charge in [-0.1, -0.05) is 24.3 Å². The molecule has 4 aromatic rings. The standard InChI is InChI=1S/C18H15N5O3S/c1-26-16-4-2-3-5-17(16)27(24,25)22-14-8-6-13(7-9-14)15-10-11-18-20-19-12-23(18)21-15/h2-12,22H,1H3. The molecule has 8 nitrogen and oxygen atoms in total. The van der Waals surface area contributed by atoms with Gasteiger partial charge in [0.15, 0.2) is 5.65 Å². The Labute approximate surface area is 155 Å². The Balaban J connectivity index is 1.60. The summed E-state index contributed by atoms with van der Waals surface area (Å²) in [5.74, 6) is 0.285. The molecule has 136 valence electrons. The van der Waals surface area contributed by atoms with Crippen molar-refractivity contribution in [3.63, 3.8) is 0 Å². The van der Waals surface area contributed by atoms with Crippen LogP contribution in [0.25, 0.3) is 16.9 Å². The maximum Gasteiger partial charge on any atom is 0.265 e. The Morgan fingerprint density at radius 2 is 1.78 bits per heavy atom. The second kappa shape index (κ2) is 6.69. The Kier molecular flexibility index (Phi) is 4.21. The van der Waals surface area contributed by atoms with Crippen molar-refractivity contribution in [3.05, 3.63) is 67.0 Å². The van der Waals surface area contributed by atoms with Gasteiger partial charge in [0.2, 0.25) is 0 Å². The molecule has 0 bridgehead atoms. The minimum atomic E-state index is -3.77. The molecule has 9 heteroatoms. The van der Waals surface area contributed by atoms with Crippen LogP contribution in [0.5, 0.6) is 5.75 Å². The molecule has 0 fully saturated rings. The number of benzene rings is 2. The molecular weight excluding hydrogens is 366 g/mol. The van der Waals surface area contributed by atoms with E-state index in [9.17, 15) is 8.42 Å². The summed E-state index contributed by atoms with van der Waals surface area (Å²) in [7, 11) is -2.33. The topological polar surface area (TPSA) is 98.5 Å². The Morgan fingerprint density at radius 3 is 2.56 bits per heavy atom. The number of nitrogens with one attached hydrogen (secondary N) is 1. The summed E-state index contributed by atoms with van der Waals surface area (Å²) in [6, 6.07) is 17.0. The summed E-state index contributed by atoms with van der Waals surface area (Å²) >= 11 is 0. The molecule has 0 aliphatic carbocycles. The minimum Gasteiger partial charge on any atom is -0.495 e. The fourth-order valence-electron chi connectivity index (χ4n) is 2.64. The minimum absolute atomic E-state index is 0.0799. The highest BCUT2D eigenvalue weighted by Crippen LogP contribution is 2.26. The molecular formula is C18H15N5O3S. The van der Waals surface area contributed by atoms with E-state index in [0.29, 0.717) is 11.3 Å². The van der Waals surface area contributed by atoms with Crippen molar-refractivity contribution in [3.8, 4) is 17.0 Å². The molecule has 4 rings (SSSR count). The molecule has 0 amide bonds. The first kappa shape index (κ1) is 17.0. The summed E-state index contributed by atoms with van der Waals surface area (Å²) in [4.78, 5) is 0.0799. The van der Waals surface area contributed by atoms with Crippen LogP contribution in [-0.2, 0) is 10.0 Å². The van der Waals surface area contributed by atoms with Crippen LogP contribution >= 0.6 is 0 Å². The number of hydrogen-bond donors (Lipinski definition) is 1. The average Bonchev–Trinajstić information content (AvgIpc) is 3.16. The summed E-state index contributed by atoms with van der Waals surface area (Å²) in [6.07, 6.45) is 1.52. The first-order valence-corrected chi connectivity index (χ1v) is 9.48. The fraction of sp³-hybridized carbons (Fsp3) is 0.0556. The SMILES string of the molecule is COc1ccccc1S(=O)(=O)Nc1ccc(-c2ccc3nncn3n2)cc1. The maximum absolute atomic E-state index is 12.6. The molecule has 1 N–H and O–H groups in total. The molecule has 0 atom stereocenters. The number of hydrogen-bond acceptors (Lipinski definition) is 6. The highest BCUT2D eigenvalue weighted by molar-refractivity contribution is 7.92. The van der Waals surface area contributed by atoms with Gasteiger partial charge in [-0.15, -0.1) is 10.2 Å². The Morgan fingerprint density at radius 1 is 1.00 bits per heavy atom. The highest BCUT2D eigenvalue weighted by Gasteiger charge is 2.19. The van der Waals surface area contributed by atoms with Gasteiger partial charge < -0.3 is 4.74 Å². The smallest absolute Gasteiger partial charge is 0.265 e. The highest BCUT2D eigenvalue weighted by atomic mass is 32.2. The van der Waals surface area contributed by atoms with Crippen LogP contribution in [0.15, 0.2) is 71.9 Å². The van der Waals surface area contributed by atoms with E-state index in [4.69, 9.17) is 4.74 Å². The molecule has 0 radical (unpaired) electrons. The van der Waals surface area contributed by atoms with Crippen LogP contribution in [0.3, 0.4) is 0 Å². The largest absolute Gasteiger partial charge is 0.495 e. The van der Waals surface area contributed by atoms with E-state index in [-0.39, 0.29) is 10.6 Å². The van der Waals surface area contributed by atoms with Gasteiger partial charge in [0.1, 0.15) is 17.0 Å². The summed E-state index contributed by atoms with van der Waals surface area (Å²) < 4.78 is 34.5. The molecule has 2 aromatic carbocycles. The van der Waals surface area contributed by atoms with E-state index >= 15 is 0 Å². The maximum atomic E-state index is 12.6. The molecule has 2 aromatic heterocycles. The van der Waals surface area contributed by atoms with Gasteiger partial charge in [-0.25, -0.2) is 8.42 Å². The molecule has 0 saturated heterocycles. The summed E-state index contributed by atoms with van der Waals surface area (Å²) in [6.45, 7) is 0. The number of sulfonamides is 1. The van der Waals surface area contributed by atoms with Crippen molar-refractivity contribution in [1.82, 2.24) is 19.8 Å². The third-order valence-corrected chi connectivity index (χ3v) is 5.37. The molecule has 0 aliphatic heterocycles. The molecule has 27 heavy (non-hydrogen) atoms. The number of rotatable bonds is 5. The van der Waals surface area contributed by atoms with Crippen molar-refractivity contribution in [2.75, 3.05) is 11.8 Å². The Bertz CT molecular complexity index is 1200. The predicted molar refractivity (Wildman–Crippen MR) is 100 cm³/mol.